The molecule has 118 valence electrons. The Morgan fingerprint density at radius 2 is 2.14 bits per heavy atom. The first-order chi connectivity index (χ1) is 10.5. The van der Waals surface area contributed by atoms with Crippen LogP contribution in [0.3, 0.4) is 0 Å². The number of hydrogen-bond acceptors (Lipinski definition) is 4. The normalized spacial score (nSPS) is 11.9. The summed E-state index contributed by atoms with van der Waals surface area (Å²) in [5.41, 5.74) is 7.36. The van der Waals surface area contributed by atoms with E-state index in [0.29, 0.717) is 11.7 Å². The number of thiazole rings is 1. The molecule has 7 heteroatoms. The minimum Gasteiger partial charge on any atom is -0.375 e. The van der Waals surface area contributed by atoms with Gasteiger partial charge in [0.2, 0.25) is 0 Å². The fraction of sp³-hybridized carbons (Fsp3) is 0.333. The minimum absolute atomic E-state index is 0.182. The summed E-state index contributed by atoms with van der Waals surface area (Å²) in [5.74, 6) is -0.289. The molecule has 1 aromatic heterocycles. The predicted molar refractivity (Wildman–Crippen MR) is 86.2 cm³/mol. The van der Waals surface area contributed by atoms with E-state index in [-0.39, 0.29) is 17.9 Å². The lowest BCUT2D eigenvalue weighted by molar-refractivity contribution is 0.238. The molecule has 22 heavy (non-hydrogen) atoms. The Morgan fingerprint density at radius 3 is 2.77 bits per heavy atom. The average molecular weight is 322 g/mol. The van der Waals surface area contributed by atoms with E-state index in [1.54, 1.807) is 12.1 Å². The zero-order chi connectivity index (χ0) is 15.9. The first kappa shape index (κ1) is 16.2. The number of aryl methyl sites for hydroxylation is 1. The summed E-state index contributed by atoms with van der Waals surface area (Å²) in [6.45, 7) is 2.41. The molecule has 1 heterocycles. The van der Waals surface area contributed by atoms with Crippen molar-refractivity contribution >= 4 is 22.5 Å². The van der Waals surface area contributed by atoms with Crippen molar-refractivity contribution in [2.45, 2.75) is 25.8 Å². The number of anilines is 1. The van der Waals surface area contributed by atoms with Crippen LogP contribution in [0.1, 0.15) is 30.6 Å². The lowest BCUT2D eigenvalue weighted by Crippen LogP contribution is -2.37. The van der Waals surface area contributed by atoms with E-state index in [1.165, 1.54) is 23.5 Å². The Morgan fingerprint density at radius 1 is 1.41 bits per heavy atom. The fourth-order valence-corrected chi connectivity index (χ4v) is 2.59. The van der Waals surface area contributed by atoms with Crippen molar-refractivity contribution in [1.29, 1.82) is 0 Å². The number of carbonyl (C=O) groups excluding carboxylic acids is 1. The molecule has 5 nitrogen and oxygen atoms in total. The van der Waals surface area contributed by atoms with Gasteiger partial charge in [-0.05, 0) is 37.5 Å². The molecule has 0 radical (unpaired) electrons. The number of urea groups is 1. The lowest BCUT2D eigenvalue weighted by atomic mass is 10.1. The zero-order valence-electron chi connectivity index (χ0n) is 12.3. The van der Waals surface area contributed by atoms with Crippen LogP contribution in [-0.4, -0.2) is 17.6 Å². The quantitative estimate of drug-likeness (QED) is 0.715. The third-order valence-corrected chi connectivity index (χ3v) is 3.91. The minimum atomic E-state index is -0.289. The third kappa shape index (κ3) is 5.00. The van der Waals surface area contributed by atoms with Gasteiger partial charge in [-0.2, -0.15) is 0 Å². The van der Waals surface area contributed by atoms with Crippen LogP contribution in [0.5, 0.6) is 0 Å². The molecule has 0 aliphatic heterocycles. The van der Waals surface area contributed by atoms with Crippen LogP contribution < -0.4 is 16.4 Å². The Balaban J connectivity index is 1.68. The van der Waals surface area contributed by atoms with Crippen molar-refractivity contribution in [1.82, 2.24) is 15.6 Å². The fourth-order valence-electron chi connectivity index (χ4n) is 1.99. The maximum atomic E-state index is 12.8. The molecule has 4 N–H and O–H groups in total. The van der Waals surface area contributed by atoms with Crippen LogP contribution in [0.2, 0.25) is 0 Å². The molecule has 1 aromatic carbocycles. The number of carbonyl (C=O) groups is 1. The van der Waals surface area contributed by atoms with Gasteiger partial charge in [-0.15, -0.1) is 11.3 Å². The maximum Gasteiger partial charge on any atom is 0.315 e. The van der Waals surface area contributed by atoms with Crippen molar-refractivity contribution in [2.75, 3.05) is 12.3 Å². The van der Waals surface area contributed by atoms with Crippen LogP contribution >= 0.6 is 11.3 Å². The van der Waals surface area contributed by atoms with Gasteiger partial charge >= 0.3 is 6.03 Å². The number of halogens is 1. The smallest absolute Gasteiger partial charge is 0.315 e. The number of nitrogens with zero attached hydrogens (tertiary/aromatic N) is 1. The summed E-state index contributed by atoms with van der Waals surface area (Å²) in [7, 11) is 0. The predicted octanol–water partition coefficient (Wildman–Crippen LogP) is 2.86. The maximum absolute atomic E-state index is 12.8. The summed E-state index contributed by atoms with van der Waals surface area (Å²) < 4.78 is 12.8. The molecular formula is C15H19FN4OS. The van der Waals surface area contributed by atoms with Crippen molar-refractivity contribution in [3.8, 4) is 0 Å². The third-order valence-electron chi connectivity index (χ3n) is 3.18. The second-order valence-electron chi connectivity index (χ2n) is 4.95. The molecule has 0 saturated heterocycles. The molecule has 2 amide bonds. The monoisotopic (exact) mass is 322 g/mol. The number of rotatable bonds is 6. The Labute approximate surface area is 132 Å². The van der Waals surface area contributed by atoms with Gasteiger partial charge in [0.05, 0.1) is 11.7 Å². The molecule has 2 aromatic rings. The number of aromatic nitrogens is 1. The number of nitrogens with one attached hydrogen (secondary N) is 2. The highest BCUT2D eigenvalue weighted by atomic mass is 32.1. The van der Waals surface area contributed by atoms with Gasteiger partial charge in [0.25, 0.3) is 0 Å². The van der Waals surface area contributed by atoms with Gasteiger partial charge in [-0.1, -0.05) is 12.1 Å². The van der Waals surface area contributed by atoms with E-state index >= 15 is 0 Å². The van der Waals surface area contributed by atoms with E-state index < -0.39 is 0 Å². The largest absolute Gasteiger partial charge is 0.375 e. The number of hydrogen-bond donors (Lipinski definition) is 3. The van der Waals surface area contributed by atoms with Crippen LogP contribution in [0, 0.1) is 5.82 Å². The molecule has 0 spiro atoms. The molecule has 0 aliphatic rings. The molecule has 1 unspecified atom stereocenters. The van der Waals surface area contributed by atoms with Crippen molar-refractivity contribution < 1.29 is 9.18 Å². The first-order valence-corrected chi connectivity index (χ1v) is 7.92. The van der Waals surface area contributed by atoms with Gasteiger partial charge < -0.3 is 16.4 Å². The molecule has 0 aliphatic carbocycles. The molecule has 0 bridgehead atoms. The number of amides is 2. The number of nitrogen functional groups attached to an aromatic ring is 1. The highest BCUT2D eigenvalue weighted by molar-refractivity contribution is 7.13. The van der Waals surface area contributed by atoms with E-state index in [1.807, 2.05) is 12.3 Å². The zero-order valence-corrected chi connectivity index (χ0v) is 13.1. The average Bonchev–Trinajstić information content (AvgIpc) is 2.90. The summed E-state index contributed by atoms with van der Waals surface area (Å²) in [6, 6.07) is 5.66. The second-order valence-corrected chi connectivity index (χ2v) is 5.84. The highest BCUT2D eigenvalue weighted by Crippen LogP contribution is 2.13. The standard InChI is InChI=1S/C15H19FN4OS/c1-10(11-4-6-12(16)7-5-11)19-15(21)18-8-2-3-13-9-22-14(17)20-13/h4-7,9-10H,2-3,8H2,1H3,(H2,17,20)(H2,18,19,21). The first-order valence-electron chi connectivity index (χ1n) is 7.04. The Bertz CT molecular complexity index is 614. The lowest BCUT2D eigenvalue weighted by Gasteiger charge is -2.15. The summed E-state index contributed by atoms with van der Waals surface area (Å²) in [5, 5.41) is 8.09. The van der Waals surface area contributed by atoms with Gasteiger partial charge in [0, 0.05) is 11.9 Å². The van der Waals surface area contributed by atoms with Crippen LogP contribution in [0.15, 0.2) is 29.6 Å². The van der Waals surface area contributed by atoms with E-state index in [2.05, 4.69) is 15.6 Å². The van der Waals surface area contributed by atoms with Gasteiger partial charge in [-0.3, -0.25) is 0 Å². The number of benzene rings is 1. The summed E-state index contributed by atoms with van der Waals surface area (Å²) >= 11 is 1.42. The molecule has 1 atom stereocenters. The SMILES string of the molecule is CC(NC(=O)NCCCc1csc(N)n1)c1ccc(F)cc1. The van der Waals surface area contributed by atoms with Gasteiger partial charge in [-0.25, -0.2) is 14.2 Å². The summed E-state index contributed by atoms with van der Waals surface area (Å²) in [6.07, 6.45) is 1.57. The second kappa shape index (κ2) is 7.74. The van der Waals surface area contributed by atoms with Crippen LogP contribution in [0.4, 0.5) is 14.3 Å². The highest BCUT2D eigenvalue weighted by Gasteiger charge is 2.09. The Kier molecular flexibility index (Phi) is 5.71. The molecule has 0 fully saturated rings. The van der Waals surface area contributed by atoms with Gasteiger partial charge in [0.15, 0.2) is 5.13 Å². The topological polar surface area (TPSA) is 80.0 Å². The summed E-state index contributed by atoms with van der Waals surface area (Å²) in [4.78, 5) is 15.9. The van der Waals surface area contributed by atoms with Crippen LogP contribution in [-0.2, 0) is 6.42 Å². The number of nitrogens with two attached hydrogens (primary N) is 1. The molecule has 2 rings (SSSR count). The van der Waals surface area contributed by atoms with E-state index in [4.69, 9.17) is 5.73 Å². The van der Waals surface area contributed by atoms with Crippen molar-refractivity contribution in [3.05, 3.63) is 46.7 Å². The van der Waals surface area contributed by atoms with Crippen molar-refractivity contribution in [2.24, 2.45) is 0 Å². The van der Waals surface area contributed by atoms with E-state index in [0.717, 1.165) is 24.1 Å². The van der Waals surface area contributed by atoms with Crippen LogP contribution in [0.25, 0.3) is 0 Å². The van der Waals surface area contributed by atoms with Gasteiger partial charge in [0.1, 0.15) is 5.82 Å². The van der Waals surface area contributed by atoms with E-state index in [9.17, 15) is 9.18 Å². The van der Waals surface area contributed by atoms with Crippen molar-refractivity contribution in [3.63, 3.8) is 0 Å². The Hall–Kier alpha value is -2.15. The molecular weight excluding hydrogens is 303 g/mol. The molecule has 0 saturated carbocycles.